The number of hydrogen-bond donors (Lipinski definition) is 1. The van der Waals surface area contributed by atoms with Crippen LogP contribution in [-0.2, 0) is 6.61 Å². The van der Waals surface area contributed by atoms with Crippen molar-refractivity contribution < 1.29 is 5.11 Å². The molecule has 0 radical (unpaired) electrons. The Hall–Kier alpha value is -1.26. The zero-order chi connectivity index (χ0) is 10.6. The Morgan fingerprint density at radius 2 is 2.00 bits per heavy atom. The molecular weight excluding hydrogens is 172 g/mol. The molecule has 0 aromatic heterocycles. The summed E-state index contributed by atoms with van der Waals surface area (Å²) < 4.78 is 0. The van der Waals surface area contributed by atoms with Gasteiger partial charge in [0.25, 0.3) is 0 Å². The van der Waals surface area contributed by atoms with Crippen molar-refractivity contribution in [3.8, 4) is 11.8 Å². The highest BCUT2D eigenvalue weighted by Crippen LogP contribution is 2.11. The zero-order valence-corrected chi connectivity index (χ0v) is 8.96. The van der Waals surface area contributed by atoms with Gasteiger partial charge < -0.3 is 5.11 Å². The van der Waals surface area contributed by atoms with Crippen LogP contribution in [0.25, 0.3) is 0 Å². The summed E-state index contributed by atoms with van der Waals surface area (Å²) in [6.45, 7) is 6.31. The SMILES string of the molecule is CC(C)(C)C#Cc1cccc(CO)c1. The fourth-order valence-electron chi connectivity index (χ4n) is 1.01. The zero-order valence-electron chi connectivity index (χ0n) is 8.96. The molecule has 1 aromatic rings. The molecule has 0 unspecified atom stereocenters. The Labute approximate surface area is 85.8 Å². The molecule has 0 aliphatic carbocycles. The van der Waals surface area contributed by atoms with Crippen molar-refractivity contribution in [1.82, 2.24) is 0 Å². The molecule has 0 heterocycles. The van der Waals surface area contributed by atoms with E-state index in [1.165, 1.54) is 0 Å². The lowest BCUT2D eigenvalue weighted by atomic mass is 9.97. The molecule has 0 atom stereocenters. The Balaban J connectivity index is 2.90. The second kappa shape index (κ2) is 4.30. The lowest BCUT2D eigenvalue weighted by molar-refractivity contribution is 0.282. The third-order valence-corrected chi connectivity index (χ3v) is 1.69. The Morgan fingerprint density at radius 1 is 1.29 bits per heavy atom. The summed E-state index contributed by atoms with van der Waals surface area (Å²) >= 11 is 0. The van der Waals surface area contributed by atoms with E-state index in [2.05, 4.69) is 32.6 Å². The van der Waals surface area contributed by atoms with Crippen molar-refractivity contribution >= 4 is 0 Å². The molecule has 14 heavy (non-hydrogen) atoms. The van der Waals surface area contributed by atoms with Crippen LogP contribution in [0.4, 0.5) is 0 Å². The highest BCUT2D eigenvalue weighted by Gasteiger charge is 2.03. The van der Waals surface area contributed by atoms with Gasteiger partial charge in [-0.3, -0.25) is 0 Å². The van der Waals surface area contributed by atoms with Gasteiger partial charge in [0, 0.05) is 11.0 Å². The number of aliphatic hydroxyl groups is 1. The van der Waals surface area contributed by atoms with Crippen molar-refractivity contribution in [2.24, 2.45) is 5.41 Å². The summed E-state index contributed by atoms with van der Waals surface area (Å²) in [7, 11) is 0. The Morgan fingerprint density at radius 3 is 2.57 bits per heavy atom. The van der Waals surface area contributed by atoms with E-state index in [1.54, 1.807) is 0 Å². The minimum Gasteiger partial charge on any atom is -0.392 e. The van der Waals surface area contributed by atoms with Crippen molar-refractivity contribution in [1.29, 1.82) is 0 Å². The first kappa shape index (κ1) is 10.8. The lowest BCUT2D eigenvalue weighted by Gasteiger charge is -2.06. The number of rotatable bonds is 1. The quantitative estimate of drug-likeness (QED) is 0.672. The van der Waals surface area contributed by atoms with Crippen LogP contribution >= 0.6 is 0 Å². The average Bonchev–Trinajstić information content (AvgIpc) is 2.14. The third-order valence-electron chi connectivity index (χ3n) is 1.69. The predicted molar refractivity (Wildman–Crippen MR) is 58.7 cm³/mol. The van der Waals surface area contributed by atoms with Crippen LogP contribution in [0, 0.1) is 17.3 Å². The minimum atomic E-state index is 0.0230. The summed E-state index contributed by atoms with van der Waals surface area (Å²) in [4.78, 5) is 0. The average molecular weight is 188 g/mol. The third kappa shape index (κ3) is 3.64. The highest BCUT2D eigenvalue weighted by atomic mass is 16.3. The predicted octanol–water partition coefficient (Wildman–Crippen LogP) is 2.58. The first-order valence-corrected chi connectivity index (χ1v) is 4.74. The van der Waals surface area contributed by atoms with E-state index in [1.807, 2.05) is 24.3 Å². The minimum absolute atomic E-state index is 0.0230. The van der Waals surface area contributed by atoms with Crippen LogP contribution in [0.5, 0.6) is 0 Å². The number of aliphatic hydroxyl groups excluding tert-OH is 1. The molecule has 0 saturated heterocycles. The maximum Gasteiger partial charge on any atom is 0.0682 e. The highest BCUT2D eigenvalue weighted by molar-refractivity contribution is 5.37. The summed E-state index contributed by atoms with van der Waals surface area (Å²) in [5.41, 5.74) is 1.90. The smallest absolute Gasteiger partial charge is 0.0682 e. The molecule has 0 saturated carbocycles. The van der Waals surface area contributed by atoms with Gasteiger partial charge in [-0.25, -0.2) is 0 Å². The molecule has 74 valence electrons. The van der Waals surface area contributed by atoms with E-state index in [0.717, 1.165) is 11.1 Å². The topological polar surface area (TPSA) is 20.2 Å². The van der Waals surface area contributed by atoms with Gasteiger partial charge in [0.2, 0.25) is 0 Å². The summed E-state index contributed by atoms with van der Waals surface area (Å²) in [5, 5.41) is 8.94. The van der Waals surface area contributed by atoms with Crippen molar-refractivity contribution in [3.05, 3.63) is 35.4 Å². The molecule has 0 spiro atoms. The van der Waals surface area contributed by atoms with Crippen LogP contribution in [0.2, 0.25) is 0 Å². The van der Waals surface area contributed by atoms with Crippen LogP contribution in [0.1, 0.15) is 31.9 Å². The molecule has 0 fully saturated rings. The summed E-state index contributed by atoms with van der Waals surface area (Å²) in [5.74, 6) is 6.26. The van der Waals surface area contributed by atoms with Crippen LogP contribution in [0.15, 0.2) is 24.3 Å². The molecule has 0 aliphatic rings. The molecule has 0 amide bonds. The van der Waals surface area contributed by atoms with E-state index in [0.29, 0.717) is 0 Å². The van der Waals surface area contributed by atoms with Gasteiger partial charge in [0.05, 0.1) is 6.61 Å². The van der Waals surface area contributed by atoms with E-state index >= 15 is 0 Å². The second-order valence-corrected chi connectivity index (χ2v) is 4.36. The van der Waals surface area contributed by atoms with Crippen molar-refractivity contribution in [2.45, 2.75) is 27.4 Å². The molecule has 1 rings (SSSR count). The fraction of sp³-hybridized carbons (Fsp3) is 0.385. The van der Waals surface area contributed by atoms with Gasteiger partial charge in [-0.05, 0) is 38.5 Å². The molecule has 1 heteroatoms. The van der Waals surface area contributed by atoms with E-state index in [-0.39, 0.29) is 12.0 Å². The van der Waals surface area contributed by atoms with E-state index in [4.69, 9.17) is 5.11 Å². The van der Waals surface area contributed by atoms with Crippen LogP contribution in [-0.4, -0.2) is 5.11 Å². The molecule has 1 aromatic carbocycles. The summed E-state index contributed by atoms with van der Waals surface area (Å²) in [6, 6.07) is 7.68. The lowest BCUT2D eigenvalue weighted by Crippen LogP contribution is -1.99. The van der Waals surface area contributed by atoms with Gasteiger partial charge in [-0.15, -0.1) is 0 Å². The normalized spacial score (nSPS) is 10.6. The van der Waals surface area contributed by atoms with Crippen LogP contribution < -0.4 is 0 Å². The van der Waals surface area contributed by atoms with Gasteiger partial charge in [0.15, 0.2) is 0 Å². The number of hydrogen-bond acceptors (Lipinski definition) is 1. The Kier molecular flexibility index (Phi) is 3.33. The van der Waals surface area contributed by atoms with Gasteiger partial charge in [-0.1, -0.05) is 24.0 Å². The van der Waals surface area contributed by atoms with E-state index in [9.17, 15) is 0 Å². The second-order valence-electron chi connectivity index (χ2n) is 4.36. The standard InChI is InChI=1S/C13H16O/c1-13(2,3)8-7-11-5-4-6-12(9-11)10-14/h4-6,9,14H,10H2,1-3H3. The fourth-order valence-corrected chi connectivity index (χ4v) is 1.01. The summed E-state index contributed by atoms with van der Waals surface area (Å²) in [6.07, 6.45) is 0. The maximum atomic E-state index is 8.94. The van der Waals surface area contributed by atoms with Gasteiger partial charge >= 0.3 is 0 Å². The molecule has 0 aliphatic heterocycles. The Bertz CT molecular complexity index is 361. The molecule has 0 bridgehead atoms. The molecular formula is C13H16O. The number of benzene rings is 1. The molecule has 1 N–H and O–H groups in total. The van der Waals surface area contributed by atoms with E-state index < -0.39 is 0 Å². The van der Waals surface area contributed by atoms with Crippen molar-refractivity contribution in [3.63, 3.8) is 0 Å². The van der Waals surface area contributed by atoms with Gasteiger partial charge in [-0.2, -0.15) is 0 Å². The maximum absolute atomic E-state index is 8.94. The van der Waals surface area contributed by atoms with Gasteiger partial charge in [0.1, 0.15) is 0 Å². The molecule has 1 nitrogen and oxygen atoms in total. The first-order valence-electron chi connectivity index (χ1n) is 4.74. The monoisotopic (exact) mass is 188 g/mol. The largest absolute Gasteiger partial charge is 0.392 e. The van der Waals surface area contributed by atoms with Crippen LogP contribution in [0.3, 0.4) is 0 Å². The van der Waals surface area contributed by atoms with Crippen molar-refractivity contribution in [2.75, 3.05) is 0 Å². The first-order chi connectivity index (χ1) is 6.51.